The molecule has 1 atom stereocenters. The van der Waals surface area contributed by atoms with Gasteiger partial charge in [0.1, 0.15) is 0 Å². The van der Waals surface area contributed by atoms with Gasteiger partial charge in [0.2, 0.25) is 5.91 Å². The Morgan fingerprint density at radius 2 is 1.82 bits per heavy atom. The summed E-state index contributed by atoms with van der Waals surface area (Å²) >= 11 is 19.5. The average Bonchev–Trinajstić information content (AvgIpc) is 3.13. The molecule has 180 valence electrons. The lowest BCUT2D eigenvalue weighted by molar-refractivity contribution is -0.113. The van der Waals surface area contributed by atoms with Gasteiger partial charge in [0.15, 0.2) is 11.0 Å². The summed E-state index contributed by atoms with van der Waals surface area (Å²) in [6.45, 7) is 5.78. The first kappa shape index (κ1) is 26.3. The molecule has 0 saturated heterocycles. The van der Waals surface area contributed by atoms with E-state index in [1.807, 2.05) is 20.8 Å². The van der Waals surface area contributed by atoms with Gasteiger partial charge in [-0.15, -0.1) is 10.2 Å². The summed E-state index contributed by atoms with van der Waals surface area (Å²) in [6.07, 6.45) is 0. The first-order chi connectivity index (χ1) is 16.1. The standard InChI is InChI=1S/C23H24Cl3N5O2S/c1-12(2)20(28-22(33)15-9-8-14(24)10-17(15)26)21-29-30-23(31(21)4)34-11-19(32)27-18-7-5-6-16(25)13(18)3/h5-10,12,20H,11H2,1-4H3,(H,27,32)(H,28,33)/t20-/m0/s1. The summed E-state index contributed by atoms with van der Waals surface area (Å²) in [7, 11) is 1.80. The number of benzene rings is 2. The number of nitrogens with one attached hydrogen (secondary N) is 2. The highest BCUT2D eigenvalue weighted by Gasteiger charge is 2.26. The molecule has 0 bridgehead atoms. The lowest BCUT2D eigenvalue weighted by atomic mass is 10.0. The monoisotopic (exact) mass is 539 g/mol. The molecule has 0 fully saturated rings. The molecule has 7 nitrogen and oxygen atoms in total. The minimum Gasteiger partial charge on any atom is -0.342 e. The highest BCUT2D eigenvalue weighted by molar-refractivity contribution is 7.99. The Bertz CT molecular complexity index is 1220. The fourth-order valence-corrected chi connectivity index (χ4v) is 4.59. The lowest BCUT2D eigenvalue weighted by Crippen LogP contribution is -2.33. The molecule has 0 aliphatic heterocycles. The van der Waals surface area contributed by atoms with Gasteiger partial charge >= 0.3 is 0 Å². The lowest BCUT2D eigenvalue weighted by Gasteiger charge is -2.22. The van der Waals surface area contributed by atoms with Crippen LogP contribution in [0, 0.1) is 12.8 Å². The van der Waals surface area contributed by atoms with Gasteiger partial charge in [0.25, 0.3) is 5.91 Å². The zero-order chi connectivity index (χ0) is 25.0. The highest BCUT2D eigenvalue weighted by Crippen LogP contribution is 2.27. The second-order valence-electron chi connectivity index (χ2n) is 7.97. The fraction of sp³-hybridized carbons (Fsp3) is 0.304. The van der Waals surface area contributed by atoms with E-state index in [1.54, 1.807) is 41.9 Å². The molecule has 0 spiro atoms. The molecule has 1 aromatic heterocycles. The third-order valence-corrected chi connectivity index (χ3v) is 7.13. The van der Waals surface area contributed by atoms with Crippen molar-refractivity contribution in [1.82, 2.24) is 20.1 Å². The normalized spacial score (nSPS) is 12.0. The molecule has 0 radical (unpaired) electrons. The Balaban J connectivity index is 1.69. The van der Waals surface area contributed by atoms with Crippen LogP contribution in [0.3, 0.4) is 0 Å². The zero-order valence-corrected chi connectivity index (χ0v) is 22.1. The number of hydrogen-bond acceptors (Lipinski definition) is 5. The van der Waals surface area contributed by atoms with E-state index < -0.39 is 6.04 Å². The van der Waals surface area contributed by atoms with E-state index in [-0.39, 0.29) is 28.5 Å². The molecule has 0 saturated carbocycles. The van der Waals surface area contributed by atoms with E-state index in [1.165, 1.54) is 17.8 Å². The molecule has 0 aliphatic rings. The van der Waals surface area contributed by atoms with Crippen molar-refractivity contribution in [2.75, 3.05) is 11.1 Å². The molecule has 11 heteroatoms. The van der Waals surface area contributed by atoms with Crippen molar-refractivity contribution >= 4 is 64.1 Å². The van der Waals surface area contributed by atoms with Crippen molar-refractivity contribution in [3.05, 3.63) is 68.4 Å². The van der Waals surface area contributed by atoms with Crippen LogP contribution in [0.25, 0.3) is 0 Å². The van der Waals surface area contributed by atoms with Gasteiger partial charge in [0.05, 0.1) is 22.4 Å². The maximum atomic E-state index is 12.9. The van der Waals surface area contributed by atoms with Gasteiger partial charge in [-0.1, -0.05) is 66.5 Å². The predicted molar refractivity (Wildman–Crippen MR) is 138 cm³/mol. The molecule has 3 rings (SSSR count). The number of hydrogen-bond donors (Lipinski definition) is 2. The van der Waals surface area contributed by atoms with Crippen LogP contribution in [0.2, 0.25) is 15.1 Å². The molecule has 0 unspecified atom stereocenters. The minimum absolute atomic E-state index is 0.0184. The van der Waals surface area contributed by atoms with E-state index in [4.69, 9.17) is 34.8 Å². The predicted octanol–water partition coefficient (Wildman–Crippen LogP) is 5.94. The molecule has 2 amide bonds. The van der Waals surface area contributed by atoms with Gasteiger partial charge in [-0.25, -0.2) is 0 Å². The van der Waals surface area contributed by atoms with E-state index in [9.17, 15) is 9.59 Å². The minimum atomic E-state index is -0.422. The quantitative estimate of drug-likeness (QED) is 0.345. The van der Waals surface area contributed by atoms with Crippen LogP contribution >= 0.6 is 46.6 Å². The van der Waals surface area contributed by atoms with Crippen molar-refractivity contribution in [2.24, 2.45) is 13.0 Å². The first-order valence-electron chi connectivity index (χ1n) is 10.4. The summed E-state index contributed by atoms with van der Waals surface area (Å²) in [5.41, 5.74) is 1.79. The molecule has 34 heavy (non-hydrogen) atoms. The number of halogens is 3. The van der Waals surface area contributed by atoms with Crippen LogP contribution in [0.1, 0.15) is 41.6 Å². The van der Waals surface area contributed by atoms with Gasteiger partial charge in [0, 0.05) is 22.8 Å². The second kappa shape index (κ2) is 11.4. The smallest absolute Gasteiger partial charge is 0.253 e. The van der Waals surface area contributed by atoms with Gasteiger partial charge in [-0.3, -0.25) is 9.59 Å². The van der Waals surface area contributed by atoms with Crippen LogP contribution in [-0.4, -0.2) is 32.3 Å². The van der Waals surface area contributed by atoms with Crippen molar-refractivity contribution in [2.45, 2.75) is 32.0 Å². The van der Waals surface area contributed by atoms with Gasteiger partial charge in [-0.05, 0) is 48.7 Å². The maximum Gasteiger partial charge on any atom is 0.253 e. The summed E-state index contributed by atoms with van der Waals surface area (Å²) in [5.74, 6) is 0.198. The largest absolute Gasteiger partial charge is 0.342 e. The van der Waals surface area contributed by atoms with Crippen molar-refractivity contribution in [1.29, 1.82) is 0 Å². The van der Waals surface area contributed by atoms with Crippen molar-refractivity contribution in [3.63, 3.8) is 0 Å². The Hall–Kier alpha value is -2.26. The number of carbonyl (C=O) groups is 2. The molecule has 1 heterocycles. The van der Waals surface area contributed by atoms with E-state index in [0.717, 1.165) is 5.56 Å². The molecule has 0 aliphatic carbocycles. The number of nitrogens with zero attached hydrogens (tertiary/aromatic N) is 3. The van der Waals surface area contributed by atoms with Gasteiger partial charge in [-0.2, -0.15) is 0 Å². The summed E-state index contributed by atoms with van der Waals surface area (Å²) in [4.78, 5) is 25.3. The maximum absolute atomic E-state index is 12.9. The zero-order valence-electron chi connectivity index (χ0n) is 19.0. The Morgan fingerprint density at radius 1 is 1.09 bits per heavy atom. The number of rotatable bonds is 8. The first-order valence-corrected chi connectivity index (χ1v) is 12.5. The number of anilines is 1. The second-order valence-corrected chi connectivity index (χ2v) is 10.2. The Kier molecular flexibility index (Phi) is 8.87. The number of thioether (sulfide) groups is 1. The topological polar surface area (TPSA) is 88.9 Å². The summed E-state index contributed by atoms with van der Waals surface area (Å²) in [6, 6.07) is 9.64. The Labute approximate surface area is 217 Å². The summed E-state index contributed by atoms with van der Waals surface area (Å²) in [5, 5.41) is 16.2. The van der Waals surface area contributed by atoms with E-state index in [2.05, 4.69) is 20.8 Å². The van der Waals surface area contributed by atoms with Crippen molar-refractivity contribution < 1.29 is 9.59 Å². The van der Waals surface area contributed by atoms with Crippen molar-refractivity contribution in [3.8, 4) is 0 Å². The Morgan fingerprint density at radius 3 is 2.50 bits per heavy atom. The van der Waals surface area contributed by atoms with E-state index in [0.29, 0.717) is 32.3 Å². The van der Waals surface area contributed by atoms with Crippen LogP contribution in [0.5, 0.6) is 0 Å². The number of aromatic nitrogens is 3. The third-order valence-electron chi connectivity index (χ3n) is 5.15. The summed E-state index contributed by atoms with van der Waals surface area (Å²) < 4.78 is 1.77. The van der Waals surface area contributed by atoms with Gasteiger partial charge < -0.3 is 15.2 Å². The van der Waals surface area contributed by atoms with Crippen LogP contribution in [0.15, 0.2) is 41.6 Å². The highest BCUT2D eigenvalue weighted by atomic mass is 35.5. The van der Waals surface area contributed by atoms with Crippen LogP contribution < -0.4 is 10.6 Å². The van der Waals surface area contributed by atoms with E-state index >= 15 is 0 Å². The molecular weight excluding hydrogens is 517 g/mol. The van der Waals surface area contributed by atoms with Crippen LogP contribution in [-0.2, 0) is 11.8 Å². The SMILES string of the molecule is Cc1c(Cl)cccc1NC(=O)CSc1nnc([C@@H](NC(=O)c2ccc(Cl)cc2Cl)C(C)C)n1C. The third kappa shape index (κ3) is 6.24. The molecule has 3 aromatic rings. The molecular formula is C23H24Cl3N5O2S. The van der Waals surface area contributed by atoms with Crippen LogP contribution in [0.4, 0.5) is 5.69 Å². The molecule has 2 N–H and O–H groups in total. The average molecular weight is 541 g/mol. The fourth-order valence-electron chi connectivity index (χ4n) is 3.20. The number of amides is 2. The number of carbonyl (C=O) groups excluding carboxylic acids is 2. The molecule has 2 aromatic carbocycles.